The number of nitriles is 2. The molecule has 0 radical (unpaired) electrons. The van der Waals surface area contributed by atoms with Gasteiger partial charge in [-0.2, -0.15) is 10.5 Å². The number of hydrogen-bond donors (Lipinski definition) is 1. The fraction of sp³-hybridized carbons (Fsp3) is 0.0833. The molecule has 0 aliphatic heterocycles. The highest BCUT2D eigenvalue weighted by atomic mass is 14.9. The fourth-order valence-electron chi connectivity index (χ4n) is 1.38. The lowest BCUT2D eigenvalue weighted by atomic mass is 10.1. The number of rotatable bonds is 1. The predicted molar refractivity (Wildman–Crippen MR) is 58.2 cm³/mol. The van der Waals surface area contributed by atoms with Crippen molar-refractivity contribution in [2.75, 3.05) is 0 Å². The van der Waals surface area contributed by atoms with Crippen LogP contribution in [-0.4, -0.2) is 9.97 Å². The van der Waals surface area contributed by atoms with Crippen LogP contribution in [-0.2, 0) is 0 Å². The molecular weight excluding hydrogens is 200 g/mol. The van der Waals surface area contributed by atoms with Crippen LogP contribution >= 0.6 is 0 Å². The van der Waals surface area contributed by atoms with Crippen LogP contribution in [0.4, 0.5) is 0 Å². The monoisotopic (exact) mass is 208 g/mol. The molecule has 2 aromatic rings. The normalized spacial score (nSPS) is 9.44. The summed E-state index contributed by atoms with van der Waals surface area (Å²) in [6.07, 6.45) is 0. The van der Waals surface area contributed by atoms with Gasteiger partial charge in [0, 0.05) is 5.56 Å². The third kappa shape index (κ3) is 1.65. The van der Waals surface area contributed by atoms with E-state index in [9.17, 15) is 0 Å². The van der Waals surface area contributed by atoms with E-state index in [-0.39, 0.29) is 11.4 Å². The third-order valence-electron chi connectivity index (χ3n) is 2.25. The molecule has 0 spiro atoms. The predicted octanol–water partition coefficient (Wildman–Crippen LogP) is 2.13. The second-order valence-corrected chi connectivity index (χ2v) is 3.40. The van der Waals surface area contributed by atoms with Crippen LogP contribution in [0.15, 0.2) is 24.3 Å². The first-order valence-electron chi connectivity index (χ1n) is 4.72. The second-order valence-electron chi connectivity index (χ2n) is 3.40. The lowest BCUT2D eigenvalue weighted by molar-refractivity contribution is 1.28. The summed E-state index contributed by atoms with van der Waals surface area (Å²) in [6.45, 7) is 1.99. The summed E-state index contributed by atoms with van der Waals surface area (Å²) < 4.78 is 0. The molecule has 1 aromatic heterocycles. The van der Waals surface area contributed by atoms with Crippen molar-refractivity contribution in [1.29, 1.82) is 10.5 Å². The minimum absolute atomic E-state index is 0.137. The number of nitrogens with one attached hydrogen (secondary N) is 1. The Bertz CT molecular complexity index is 562. The molecule has 0 aliphatic carbocycles. The van der Waals surface area contributed by atoms with Crippen molar-refractivity contribution >= 4 is 0 Å². The van der Waals surface area contributed by atoms with Gasteiger partial charge in [-0.1, -0.05) is 29.8 Å². The van der Waals surface area contributed by atoms with E-state index in [0.717, 1.165) is 11.1 Å². The largest absolute Gasteiger partial charge is 0.329 e. The molecule has 0 unspecified atom stereocenters. The molecule has 0 atom stereocenters. The Hall–Kier alpha value is -2.59. The molecule has 0 bridgehead atoms. The van der Waals surface area contributed by atoms with Gasteiger partial charge in [0.2, 0.25) is 0 Å². The van der Waals surface area contributed by atoms with Gasteiger partial charge in [-0.25, -0.2) is 4.98 Å². The van der Waals surface area contributed by atoms with E-state index in [1.807, 2.05) is 43.3 Å². The highest BCUT2D eigenvalue weighted by molar-refractivity contribution is 5.58. The molecule has 0 aliphatic rings. The zero-order valence-electron chi connectivity index (χ0n) is 8.65. The third-order valence-corrected chi connectivity index (χ3v) is 2.25. The summed E-state index contributed by atoms with van der Waals surface area (Å²) in [4.78, 5) is 6.88. The van der Waals surface area contributed by atoms with Gasteiger partial charge in [0.15, 0.2) is 11.4 Å². The molecule has 0 saturated carbocycles. The number of aryl methyl sites for hydroxylation is 1. The highest BCUT2D eigenvalue weighted by Gasteiger charge is 2.10. The molecule has 2 rings (SSSR count). The lowest BCUT2D eigenvalue weighted by Crippen LogP contribution is -1.81. The molecule has 0 amide bonds. The van der Waals surface area contributed by atoms with E-state index in [1.54, 1.807) is 0 Å². The zero-order valence-corrected chi connectivity index (χ0v) is 8.65. The molecule has 1 N–H and O–H groups in total. The molecule has 1 heterocycles. The summed E-state index contributed by atoms with van der Waals surface area (Å²) in [5.74, 6) is 0.549. The number of aromatic amines is 1. The average Bonchev–Trinajstić information content (AvgIpc) is 2.73. The average molecular weight is 208 g/mol. The molecule has 4 heteroatoms. The Labute approximate surface area is 92.8 Å². The maximum atomic E-state index is 8.78. The van der Waals surface area contributed by atoms with Gasteiger partial charge in [0.05, 0.1) is 0 Å². The van der Waals surface area contributed by atoms with E-state index in [0.29, 0.717) is 5.82 Å². The van der Waals surface area contributed by atoms with Crippen molar-refractivity contribution in [3.8, 4) is 23.5 Å². The van der Waals surface area contributed by atoms with Crippen LogP contribution < -0.4 is 0 Å². The van der Waals surface area contributed by atoms with Crippen molar-refractivity contribution < 1.29 is 0 Å². The highest BCUT2D eigenvalue weighted by Crippen LogP contribution is 2.18. The minimum atomic E-state index is 0.137. The van der Waals surface area contributed by atoms with Crippen LogP contribution in [0.25, 0.3) is 11.4 Å². The maximum Gasteiger partial charge on any atom is 0.177 e. The Kier molecular flexibility index (Phi) is 2.41. The molecule has 0 fully saturated rings. The molecule has 1 aromatic carbocycles. The summed E-state index contributed by atoms with van der Waals surface area (Å²) in [5.41, 5.74) is 2.36. The quantitative estimate of drug-likeness (QED) is 0.779. The Morgan fingerprint density at radius 3 is 2.31 bits per heavy atom. The standard InChI is InChI=1S/C12H8N4/c1-8-2-4-9(5-3-8)12-15-10(6-13)11(7-14)16-12/h2-5H,1H3,(H,15,16). The molecular formula is C12H8N4. The number of hydrogen-bond acceptors (Lipinski definition) is 3. The number of benzene rings is 1. The topological polar surface area (TPSA) is 76.3 Å². The number of H-pyrrole nitrogens is 1. The van der Waals surface area contributed by atoms with Crippen molar-refractivity contribution in [3.05, 3.63) is 41.2 Å². The van der Waals surface area contributed by atoms with Crippen molar-refractivity contribution in [1.82, 2.24) is 9.97 Å². The van der Waals surface area contributed by atoms with Crippen molar-refractivity contribution in [2.45, 2.75) is 6.92 Å². The SMILES string of the molecule is Cc1ccc(-c2nc(C#N)c(C#N)[nH]2)cc1. The van der Waals surface area contributed by atoms with E-state index in [2.05, 4.69) is 9.97 Å². The van der Waals surface area contributed by atoms with Gasteiger partial charge >= 0.3 is 0 Å². The second kappa shape index (κ2) is 3.88. The Balaban J connectivity index is 2.50. The van der Waals surface area contributed by atoms with E-state index < -0.39 is 0 Å². The van der Waals surface area contributed by atoms with E-state index in [1.165, 1.54) is 0 Å². The first kappa shape index (κ1) is 9.95. The first-order valence-corrected chi connectivity index (χ1v) is 4.72. The Morgan fingerprint density at radius 1 is 1.12 bits per heavy atom. The van der Waals surface area contributed by atoms with Gasteiger partial charge in [0.1, 0.15) is 18.0 Å². The molecule has 16 heavy (non-hydrogen) atoms. The van der Waals surface area contributed by atoms with Crippen LogP contribution in [0, 0.1) is 29.6 Å². The zero-order chi connectivity index (χ0) is 11.5. The van der Waals surface area contributed by atoms with E-state index >= 15 is 0 Å². The summed E-state index contributed by atoms with van der Waals surface area (Å²) in [6, 6.07) is 11.5. The van der Waals surface area contributed by atoms with Crippen molar-refractivity contribution in [2.24, 2.45) is 0 Å². The van der Waals surface area contributed by atoms with Crippen LogP contribution in [0.5, 0.6) is 0 Å². The summed E-state index contributed by atoms with van der Waals surface area (Å²) >= 11 is 0. The van der Waals surface area contributed by atoms with Gasteiger partial charge in [-0.15, -0.1) is 0 Å². The number of nitrogens with zero attached hydrogens (tertiary/aromatic N) is 3. The Morgan fingerprint density at radius 2 is 1.81 bits per heavy atom. The van der Waals surface area contributed by atoms with E-state index in [4.69, 9.17) is 10.5 Å². The van der Waals surface area contributed by atoms with Gasteiger partial charge in [-0.05, 0) is 6.92 Å². The smallest absolute Gasteiger partial charge is 0.177 e. The molecule has 4 nitrogen and oxygen atoms in total. The molecule has 0 saturated heterocycles. The number of imidazole rings is 1. The van der Waals surface area contributed by atoms with Gasteiger partial charge in [-0.3, -0.25) is 0 Å². The number of aromatic nitrogens is 2. The lowest BCUT2D eigenvalue weighted by Gasteiger charge is -1.96. The fourth-order valence-corrected chi connectivity index (χ4v) is 1.38. The first-order chi connectivity index (χ1) is 7.74. The molecule has 76 valence electrons. The van der Waals surface area contributed by atoms with Crippen molar-refractivity contribution in [3.63, 3.8) is 0 Å². The van der Waals surface area contributed by atoms with Gasteiger partial charge in [0.25, 0.3) is 0 Å². The van der Waals surface area contributed by atoms with Crippen LogP contribution in [0.1, 0.15) is 17.0 Å². The summed E-state index contributed by atoms with van der Waals surface area (Å²) in [5, 5.41) is 17.6. The van der Waals surface area contributed by atoms with Crippen LogP contribution in [0.3, 0.4) is 0 Å². The minimum Gasteiger partial charge on any atom is -0.329 e. The summed E-state index contributed by atoms with van der Waals surface area (Å²) in [7, 11) is 0. The van der Waals surface area contributed by atoms with Crippen LogP contribution in [0.2, 0.25) is 0 Å². The maximum absolute atomic E-state index is 8.78. The van der Waals surface area contributed by atoms with Gasteiger partial charge < -0.3 is 4.98 Å².